The number of halogens is 2. The smallest absolute Gasteiger partial charge is 0.271 e. The van der Waals surface area contributed by atoms with E-state index in [1.165, 1.54) is 11.3 Å². The number of carbonyl (C=O) groups is 2. The second-order valence-electron chi connectivity index (χ2n) is 8.24. The van der Waals surface area contributed by atoms with Crippen LogP contribution in [0.5, 0.6) is 0 Å². The highest BCUT2D eigenvalue weighted by Gasteiger charge is 2.29. The van der Waals surface area contributed by atoms with Crippen LogP contribution in [0, 0.1) is 0 Å². The van der Waals surface area contributed by atoms with Crippen LogP contribution in [-0.2, 0) is 11.2 Å². The number of hydrogen-bond acceptors (Lipinski definition) is 6. The Kier molecular flexibility index (Phi) is 8.62. The summed E-state index contributed by atoms with van der Waals surface area (Å²) in [4.78, 5) is 35.1. The van der Waals surface area contributed by atoms with Crippen molar-refractivity contribution in [1.82, 2.24) is 20.1 Å². The molecule has 3 aromatic rings. The molecule has 2 heterocycles. The molecule has 0 radical (unpaired) electrons. The summed E-state index contributed by atoms with van der Waals surface area (Å²) in [5, 5.41) is 8.98. The molecule has 1 saturated heterocycles. The number of likely N-dealkylation sites (N-methyl/N-ethyl adjacent to an activating group) is 1. The fourth-order valence-electron chi connectivity index (χ4n) is 3.94. The van der Waals surface area contributed by atoms with Gasteiger partial charge in [-0.15, -0.1) is 11.3 Å². The number of nitrogens with one attached hydrogen (secondary N) is 2. The highest BCUT2D eigenvalue weighted by Crippen LogP contribution is 2.32. The third-order valence-electron chi connectivity index (χ3n) is 5.95. The van der Waals surface area contributed by atoms with Gasteiger partial charge in [-0.25, -0.2) is 4.98 Å². The first-order valence-corrected chi connectivity index (χ1v) is 13.1. The summed E-state index contributed by atoms with van der Waals surface area (Å²) in [6.07, 6.45) is 0.409. The number of thiazole rings is 1. The standard InChI is InChI=1S/C25H27Cl2N5O2S/c1-2-31-11-13-32(14-12-31)24(34)20(15-17-7-4-3-5-8-17)28-23(33)21-16-35-25(30-21)29-19-10-6-9-18(26)22(19)27/h3-10,16,20H,2,11-15H2,1H3,(H,28,33)(H,29,30). The molecule has 0 saturated carbocycles. The largest absolute Gasteiger partial charge is 0.339 e. The fraction of sp³-hybridized carbons (Fsp3) is 0.320. The molecule has 1 aromatic heterocycles. The molecule has 0 spiro atoms. The third kappa shape index (κ3) is 6.52. The van der Waals surface area contributed by atoms with E-state index in [1.54, 1.807) is 23.6 Å². The van der Waals surface area contributed by atoms with Gasteiger partial charge in [0.15, 0.2) is 5.13 Å². The van der Waals surface area contributed by atoms with E-state index in [1.807, 2.05) is 35.2 Å². The number of nitrogens with zero attached hydrogens (tertiary/aromatic N) is 3. The molecule has 2 aromatic carbocycles. The number of hydrogen-bond donors (Lipinski definition) is 2. The van der Waals surface area contributed by atoms with Crippen LogP contribution in [0.25, 0.3) is 0 Å². The molecular formula is C25H27Cl2N5O2S. The van der Waals surface area contributed by atoms with Crippen LogP contribution in [-0.4, -0.2) is 65.4 Å². The molecule has 0 bridgehead atoms. The molecule has 184 valence electrons. The Balaban J connectivity index is 1.47. The summed E-state index contributed by atoms with van der Waals surface area (Å²) in [6.45, 7) is 6.06. The number of amides is 2. The summed E-state index contributed by atoms with van der Waals surface area (Å²) in [5.74, 6) is -0.467. The van der Waals surface area contributed by atoms with Gasteiger partial charge in [0.2, 0.25) is 5.91 Å². The minimum absolute atomic E-state index is 0.0720. The maximum Gasteiger partial charge on any atom is 0.271 e. The zero-order chi connectivity index (χ0) is 24.8. The number of carbonyl (C=O) groups excluding carboxylic acids is 2. The second kappa shape index (κ2) is 11.9. The van der Waals surface area contributed by atoms with Crippen molar-refractivity contribution in [2.24, 2.45) is 0 Å². The Morgan fingerprint density at radius 3 is 2.51 bits per heavy atom. The van der Waals surface area contributed by atoms with Crippen molar-refractivity contribution in [3.63, 3.8) is 0 Å². The molecule has 4 rings (SSSR count). The fourth-order valence-corrected chi connectivity index (χ4v) is 4.99. The van der Waals surface area contributed by atoms with Crippen molar-refractivity contribution in [3.8, 4) is 0 Å². The highest BCUT2D eigenvalue weighted by molar-refractivity contribution is 7.14. The maximum absolute atomic E-state index is 13.4. The maximum atomic E-state index is 13.4. The zero-order valence-corrected chi connectivity index (χ0v) is 21.7. The van der Waals surface area contributed by atoms with Gasteiger partial charge >= 0.3 is 0 Å². The first kappa shape index (κ1) is 25.4. The van der Waals surface area contributed by atoms with E-state index in [0.29, 0.717) is 40.4 Å². The summed E-state index contributed by atoms with van der Waals surface area (Å²) < 4.78 is 0. The third-order valence-corrected chi connectivity index (χ3v) is 7.52. The van der Waals surface area contributed by atoms with E-state index in [0.717, 1.165) is 25.2 Å². The van der Waals surface area contributed by atoms with Gasteiger partial charge in [-0.1, -0.05) is 66.5 Å². The first-order chi connectivity index (χ1) is 16.9. The summed E-state index contributed by atoms with van der Waals surface area (Å²) >= 11 is 13.6. The van der Waals surface area contributed by atoms with Gasteiger partial charge in [-0.05, 0) is 24.2 Å². The Morgan fingerprint density at radius 1 is 1.06 bits per heavy atom. The highest BCUT2D eigenvalue weighted by atomic mass is 35.5. The van der Waals surface area contributed by atoms with Gasteiger partial charge in [0, 0.05) is 38.0 Å². The summed E-state index contributed by atoms with van der Waals surface area (Å²) in [7, 11) is 0. The van der Waals surface area contributed by atoms with Gasteiger partial charge in [0.25, 0.3) is 5.91 Å². The van der Waals surface area contributed by atoms with Crippen LogP contribution in [0.3, 0.4) is 0 Å². The first-order valence-electron chi connectivity index (χ1n) is 11.5. The number of rotatable bonds is 8. The molecule has 1 fully saturated rings. The summed E-state index contributed by atoms with van der Waals surface area (Å²) in [6, 6.07) is 14.3. The Morgan fingerprint density at radius 2 is 1.80 bits per heavy atom. The van der Waals surface area contributed by atoms with E-state index in [4.69, 9.17) is 23.2 Å². The van der Waals surface area contributed by atoms with Crippen molar-refractivity contribution in [2.75, 3.05) is 38.0 Å². The van der Waals surface area contributed by atoms with E-state index in [-0.39, 0.29) is 11.6 Å². The molecular weight excluding hydrogens is 505 g/mol. The van der Waals surface area contributed by atoms with Gasteiger partial charge < -0.3 is 20.4 Å². The molecule has 10 heteroatoms. The molecule has 7 nitrogen and oxygen atoms in total. The molecule has 1 aliphatic rings. The van der Waals surface area contributed by atoms with Crippen molar-refractivity contribution in [1.29, 1.82) is 0 Å². The Bertz CT molecular complexity index is 1170. The minimum Gasteiger partial charge on any atom is -0.339 e. The van der Waals surface area contributed by atoms with Gasteiger partial charge in [0.05, 0.1) is 15.7 Å². The molecule has 2 amide bonds. The lowest BCUT2D eigenvalue weighted by Gasteiger charge is -2.36. The van der Waals surface area contributed by atoms with Gasteiger partial charge in [-0.2, -0.15) is 0 Å². The van der Waals surface area contributed by atoms with Crippen molar-refractivity contribution >= 4 is 57.2 Å². The van der Waals surface area contributed by atoms with Crippen LogP contribution in [0.2, 0.25) is 10.0 Å². The predicted molar refractivity (Wildman–Crippen MR) is 142 cm³/mol. The molecule has 1 atom stereocenters. The van der Waals surface area contributed by atoms with Crippen molar-refractivity contribution in [2.45, 2.75) is 19.4 Å². The van der Waals surface area contributed by atoms with Crippen LogP contribution in [0.4, 0.5) is 10.8 Å². The van der Waals surface area contributed by atoms with E-state index < -0.39 is 11.9 Å². The predicted octanol–water partition coefficient (Wildman–Crippen LogP) is 4.70. The minimum atomic E-state index is -0.682. The van der Waals surface area contributed by atoms with E-state index in [2.05, 4.69) is 27.4 Å². The van der Waals surface area contributed by atoms with Crippen LogP contribution < -0.4 is 10.6 Å². The van der Waals surface area contributed by atoms with Crippen LogP contribution in [0.15, 0.2) is 53.9 Å². The van der Waals surface area contributed by atoms with Crippen LogP contribution >= 0.6 is 34.5 Å². The quantitative estimate of drug-likeness (QED) is 0.440. The molecule has 2 N–H and O–H groups in total. The monoisotopic (exact) mass is 531 g/mol. The van der Waals surface area contributed by atoms with E-state index >= 15 is 0 Å². The second-order valence-corrected chi connectivity index (χ2v) is 9.88. The lowest BCUT2D eigenvalue weighted by atomic mass is 10.0. The molecule has 1 unspecified atom stereocenters. The number of benzene rings is 2. The number of piperazine rings is 1. The lowest BCUT2D eigenvalue weighted by Crippen LogP contribution is -2.55. The zero-order valence-electron chi connectivity index (χ0n) is 19.3. The van der Waals surface area contributed by atoms with Gasteiger partial charge in [0.1, 0.15) is 11.7 Å². The average Bonchev–Trinajstić information content (AvgIpc) is 3.35. The number of aromatic nitrogens is 1. The lowest BCUT2D eigenvalue weighted by molar-refractivity contribution is -0.135. The number of anilines is 2. The van der Waals surface area contributed by atoms with E-state index in [9.17, 15) is 9.59 Å². The molecule has 0 aliphatic carbocycles. The Labute approximate surface area is 219 Å². The van der Waals surface area contributed by atoms with Gasteiger partial charge in [-0.3, -0.25) is 9.59 Å². The topological polar surface area (TPSA) is 77.6 Å². The van der Waals surface area contributed by atoms with Crippen molar-refractivity contribution < 1.29 is 9.59 Å². The average molecular weight is 532 g/mol. The molecule has 1 aliphatic heterocycles. The van der Waals surface area contributed by atoms with Crippen LogP contribution in [0.1, 0.15) is 23.0 Å². The SMILES string of the molecule is CCN1CCN(C(=O)C(Cc2ccccc2)NC(=O)c2csc(Nc3cccc(Cl)c3Cl)n2)CC1. The Hall–Kier alpha value is -2.65. The molecule has 35 heavy (non-hydrogen) atoms. The van der Waals surface area contributed by atoms with Crippen molar-refractivity contribution in [3.05, 3.63) is 75.2 Å². The summed E-state index contributed by atoms with van der Waals surface area (Å²) in [5.41, 5.74) is 1.82. The normalized spacial score (nSPS) is 15.0.